The van der Waals surface area contributed by atoms with E-state index in [-0.39, 0.29) is 6.03 Å². The average Bonchev–Trinajstić information content (AvgIpc) is 2.81. The van der Waals surface area contributed by atoms with Crippen LogP contribution in [0.15, 0.2) is 0 Å². The predicted molar refractivity (Wildman–Crippen MR) is 56.4 cm³/mol. The Bertz CT molecular complexity index is 319. The van der Waals surface area contributed by atoms with E-state index >= 15 is 0 Å². The van der Waals surface area contributed by atoms with Crippen LogP contribution in [0.5, 0.6) is 0 Å². The molecule has 2 amide bonds. The third kappa shape index (κ3) is 3.18. The predicted octanol–water partition coefficient (Wildman–Crippen LogP) is 0.332. The maximum Gasteiger partial charge on any atom is 0.315 e. The van der Waals surface area contributed by atoms with Crippen molar-refractivity contribution in [1.82, 2.24) is 31.3 Å². The molecule has 0 aliphatic heterocycles. The van der Waals surface area contributed by atoms with E-state index in [1.807, 2.05) is 0 Å². The third-order valence-corrected chi connectivity index (χ3v) is 2.74. The van der Waals surface area contributed by atoms with Gasteiger partial charge in [-0.15, -0.1) is 10.2 Å². The summed E-state index contributed by atoms with van der Waals surface area (Å²) in [7, 11) is 0. The highest BCUT2D eigenvalue weighted by molar-refractivity contribution is 5.74. The Morgan fingerprint density at radius 1 is 1.38 bits per heavy atom. The topological polar surface area (TPSA) is 95.6 Å². The first-order chi connectivity index (χ1) is 7.84. The van der Waals surface area contributed by atoms with Crippen LogP contribution < -0.4 is 10.6 Å². The van der Waals surface area contributed by atoms with Crippen molar-refractivity contribution in [3.63, 3.8) is 0 Å². The third-order valence-electron chi connectivity index (χ3n) is 2.74. The van der Waals surface area contributed by atoms with Crippen molar-refractivity contribution in [2.24, 2.45) is 0 Å². The number of aromatic nitrogens is 4. The molecule has 1 aromatic heterocycles. The minimum Gasteiger partial charge on any atom is -0.335 e. The lowest BCUT2D eigenvalue weighted by atomic mass is 9.96. The Morgan fingerprint density at radius 2 is 2.19 bits per heavy atom. The number of hydrogen-bond donors (Lipinski definition) is 3. The molecular weight excluding hydrogens is 208 g/mol. The zero-order valence-electron chi connectivity index (χ0n) is 9.07. The molecule has 0 atom stereocenters. The van der Waals surface area contributed by atoms with Crippen LogP contribution in [0.25, 0.3) is 0 Å². The van der Waals surface area contributed by atoms with Crippen LogP contribution in [0.3, 0.4) is 0 Å². The quantitative estimate of drug-likeness (QED) is 0.689. The first-order valence-corrected chi connectivity index (χ1v) is 5.61. The minimum absolute atomic E-state index is 0.156. The number of rotatable bonds is 3. The Morgan fingerprint density at radius 3 is 2.88 bits per heavy atom. The number of nitrogens with one attached hydrogen (secondary N) is 3. The molecule has 1 fully saturated rings. The lowest BCUT2D eigenvalue weighted by molar-refractivity contribution is 0.232. The zero-order valence-corrected chi connectivity index (χ0v) is 9.07. The van der Waals surface area contributed by atoms with Crippen molar-refractivity contribution in [1.29, 1.82) is 0 Å². The van der Waals surface area contributed by atoms with Gasteiger partial charge in [0.15, 0.2) is 5.82 Å². The second-order valence-electron chi connectivity index (χ2n) is 3.99. The highest BCUT2D eigenvalue weighted by Crippen LogP contribution is 2.16. The SMILES string of the molecule is O=C(NCc1nn[nH]n1)NC1CCCCC1. The summed E-state index contributed by atoms with van der Waals surface area (Å²) in [5, 5.41) is 18.9. The molecule has 1 aliphatic rings. The summed E-state index contributed by atoms with van der Waals surface area (Å²) in [6, 6.07) is 0.163. The number of hydrogen-bond acceptors (Lipinski definition) is 4. The normalized spacial score (nSPS) is 17.0. The molecule has 1 saturated carbocycles. The Hall–Kier alpha value is -1.66. The van der Waals surface area contributed by atoms with Crippen molar-refractivity contribution in [2.75, 3.05) is 0 Å². The summed E-state index contributed by atoms with van der Waals surface area (Å²) in [4.78, 5) is 11.5. The summed E-state index contributed by atoms with van der Waals surface area (Å²) >= 11 is 0. The van der Waals surface area contributed by atoms with Gasteiger partial charge in [0.05, 0.1) is 6.54 Å². The molecular formula is C9H16N6O. The van der Waals surface area contributed by atoms with Gasteiger partial charge in [0.1, 0.15) is 0 Å². The molecule has 0 aromatic carbocycles. The van der Waals surface area contributed by atoms with Crippen LogP contribution in [0.1, 0.15) is 37.9 Å². The van der Waals surface area contributed by atoms with Crippen molar-refractivity contribution < 1.29 is 4.79 Å². The van der Waals surface area contributed by atoms with E-state index in [1.54, 1.807) is 0 Å². The van der Waals surface area contributed by atoms with Gasteiger partial charge in [-0.25, -0.2) is 4.79 Å². The Balaban J connectivity index is 1.67. The fourth-order valence-electron chi connectivity index (χ4n) is 1.90. The van der Waals surface area contributed by atoms with Crippen LogP contribution in [0, 0.1) is 0 Å². The second kappa shape index (κ2) is 5.43. The van der Waals surface area contributed by atoms with Crippen LogP contribution in [0.4, 0.5) is 4.79 Å². The molecule has 0 saturated heterocycles. The molecule has 7 nitrogen and oxygen atoms in total. The second-order valence-corrected chi connectivity index (χ2v) is 3.99. The largest absolute Gasteiger partial charge is 0.335 e. The number of urea groups is 1. The van der Waals surface area contributed by atoms with E-state index in [0.29, 0.717) is 18.4 Å². The average molecular weight is 224 g/mol. The first-order valence-electron chi connectivity index (χ1n) is 5.61. The number of carbonyl (C=O) groups is 1. The van der Waals surface area contributed by atoms with Gasteiger partial charge in [0.25, 0.3) is 0 Å². The number of aromatic amines is 1. The van der Waals surface area contributed by atoms with E-state index < -0.39 is 0 Å². The van der Waals surface area contributed by atoms with Crippen LogP contribution >= 0.6 is 0 Å². The number of carbonyl (C=O) groups excluding carboxylic acids is 1. The standard InChI is InChI=1S/C9H16N6O/c16-9(10-6-8-12-14-15-13-8)11-7-4-2-1-3-5-7/h7H,1-6H2,(H2,10,11,16)(H,12,13,14,15). The first kappa shape index (κ1) is 10.8. The van der Waals surface area contributed by atoms with E-state index in [4.69, 9.17) is 0 Å². The lowest BCUT2D eigenvalue weighted by Gasteiger charge is -2.22. The summed E-state index contributed by atoms with van der Waals surface area (Å²) in [6.07, 6.45) is 5.85. The van der Waals surface area contributed by atoms with Gasteiger partial charge in [-0.05, 0) is 12.8 Å². The maximum absolute atomic E-state index is 11.5. The van der Waals surface area contributed by atoms with Crippen molar-refractivity contribution in [2.45, 2.75) is 44.7 Å². The minimum atomic E-state index is -0.156. The fraction of sp³-hybridized carbons (Fsp3) is 0.778. The van der Waals surface area contributed by atoms with E-state index in [2.05, 4.69) is 31.3 Å². The molecule has 3 N–H and O–H groups in total. The Kier molecular flexibility index (Phi) is 3.68. The molecule has 88 valence electrons. The molecule has 7 heteroatoms. The van der Waals surface area contributed by atoms with Crippen molar-refractivity contribution in [3.05, 3.63) is 5.82 Å². The van der Waals surface area contributed by atoms with Crippen LogP contribution in [-0.4, -0.2) is 32.7 Å². The van der Waals surface area contributed by atoms with Crippen molar-refractivity contribution >= 4 is 6.03 Å². The monoisotopic (exact) mass is 224 g/mol. The number of tetrazole rings is 1. The van der Waals surface area contributed by atoms with Gasteiger partial charge in [-0.3, -0.25) is 0 Å². The van der Waals surface area contributed by atoms with Gasteiger partial charge in [-0.1, -0.05) is 24.5 Å². The lowest BCUT2D eigenvalue weighted by Crippen LogP contribution is -2.42. The number of H-pyrrole nitrogens is 1. The number of amides is 2. The smallest absolute Gasteiger partial charge is 0.315 e. The maximum atomic E-state index is 11.5. The molecule has 0 bridgehead atoms. The van der Waals surface area contributed by atoms with E-state index in [0.717, 1.165) is 12.8 Å². The molecule has 0 spiro atoms. The van der Waals surface area contributed by atoms with Crippen LogP contribution in [0.2, 0.25) is 0 Å². The van der Waals surface area contributed by atoms with Crippen LogP contribution in [-0.2, 0) is 6.54 Å². The molecule has 0 radical (unpaired) electrons. The van der Waals surface area contributed by atoms with Gasteiger partial charge in [0.2, 0.25) is 0 Å². The van der Waals surface area contributed by atoms with Gasteiger partial charge < -0.3 is 10.6 Å². The summed E-state index contributed by atoms with van der Waals surface area (Å²) in [5.74, 6) is 0.485. The molecule has 1 aliphatic carbocycles. The highest BCUT2D eigenvalue weighted by atomic mass is 16.2. The molecule has 16 heavy (non-hydrogen) atoms. The summed E-state index contributed by atoms with van der Waals surface area (Å²) < 4.78 is 0. The van der Waals surface area contributed by atoms with Gasteiger partial charge >= 0.3 is 6.03 Å². The molecule has 2 rings (SSSR count). The van der Waals surface area contributed by atoms with Gasteiger partial charge in [-0.2, -0.15) is 5.21 Å². The summed E-state index contributed by atoms with van der Waals surface area (Å²) in [6.45, 7) is 0.301. The van der Waals surface area contributed by atoms with E-state index in [1.165, 1.54) is 19.3 Å². The fourth-order valence-corrected chi connectivity index (χ4v) is 1.90. The Labute approximate surface area is 93.4 Å². The highest BCUT2D eigenvalue weighted by Gasteiger charge is 2.15. The molecule has 0 unspecified atom stereocenters. The number of nitrogens with zero attached hydrogens (tertiary/aromatic N) is 3. The van der Waals surface area contributed by atoms with E-state index in [9.17, 15) is 4.79 Å². The zero-order chi connectivity index (χ0) is 11.2. The molecule has 1 aromatic rings. The van der Waals surface area contributed by atoms with Gasteiger partial charge in [0, 0.05) is 6.04 Å². The summed E-state index contributed by atoms with van der Waals surface area (Å²) in [5.41, 5.74) is 0. The van der Waals surface area contributed by atoms with Crippen molar-refractivity contribution in [3.8, 4) is 0 Å². The molecule has 1 heterocycles.